The summed E-state index contributed by atoms with van der Waals surface area (Å²) in [4.78, 5) is 12.0. The van der Waals surface area contributed by atoms with E-state index in [1.54, 1.807) is 6.07 Å². The van der Waals surface area contributed by atoms with Gasteiger partial charge in [0.1, 0.15) is 5.82 Å². The second-order valence-electron chi connectivity index (χ2n) is 5.37. The molecule has 0 saturated carbocycles. The van der Waals surface area contributed by atoms with Gasteiger partial charge in [-0.1, -0.05) is 37.3 Å². The number of carbonyl (C=O) groups is 1. The summed E-state index contributed by atoms with van der Waals surface area (Å²) in [7, 11) is 0. The zero-order chi connectivity index (χ0) is 16.8. The molecule has 4 nitrogen and oxygen atoms in total. The van der Waals surface area contributed by atoms with Crippen molar-refractivity contribution in [2.24, 2.45) is 0 Å². The molecule has 0 fully saturated rings. The maximum atomic E-state index is 13.1. The summed E-state index contributed by atoms with van der Waals surface area (Å²) in [6.45, 7) is 3.95. The van der Waals surface area contributed by atoms with Crippen molar-refractivity contribution < 1.29 is 14.3 Å². The van der Waals surface area contributed by atoms with Gasteiger partial charge in [0.2, 0.25) is 0 Å². The number of aryl methyl sites for hydroxylation is 2. The van der Waals surface area contributed by atoms with Gasteiger partial charge < -0.3 is 15.7 Å². The molecule has 122 valence electrons. The number of hydrogen-bond acceptors (Lipinski definition) is 2. The Bertz CT molecular complexity index is 688. The third-order valence-electron chi connectivity index (χ3n) is 3.67. The maximum absolute atomic E-state index is 13.1. The van der Waals surface area contributed by atoms with E-state index in [0.717, 1.165) is 23.2 Å². The van der Waals surface area contributed by atoms with Crippen LogP contribution < -0.4 is 10.6 Å². The smallest absolute Gasteiger partial charge is 0.319 e. The van der Waals surface area contributed by atoms with Crippen molar-refractivity contribution >= 4 is 11.7 Å². The van der Waals surface area contributed by atoms with Crippen molar-refractivity contribution in [2.75, 3.05) is 11.9 Å². The van der Waals surface area contributed by atoms with Crippen LogP contribution in [0.4, 0.5) is 14.9 Å². The zero-order valence-electron chi connectivity index (χ0n) is 13.3. The van der Waals surface area contributed by atoms with Crippen LogP contribution >= 0.6 is 0 Å². The molecule has 2 rings (SSSR count). The molecule has 0 saturated heterocycles. The molecule has 3 N–H and O–H groups in total. The summed E-state index contributed by atoms with van der Waals surface area (Å²) in [6.07, 6.45) is -0.151. The van der Waals surface area contributed by atoms with Gasteiger partial charge in [0.25, 0.3) is 0 Å². The Hall–Kier alpha value is -2.40. The molecule has 0 heterocycles. The molecule has 0 spiro atoms. The number of hydrogen-bond donors (Lipinski definition) is 3. The van der Waals surface area contributed by atoms with Gasteiger partial charge in [-0.05, 0) is 42.2 Å². The third-order valence-corrected chi connectivity index (χ3v) is 3.67. The van der Waals surface area contributed by atoms with E-state index in [0.29, 0.717) is 5.56 Å². The predicted molar refractivity (Wildman–Crippen MR) is 88.9 cm³/mol. The quantitative estimate of drug-likeness (QED) is 0.790. The number of urea groups is 1. The van der Waals surface area contributed by atoms with Crippen molar-refractivity contribution in [3.8, 4) is 0 Å². The van der Waals surface area contributed by atoms with Gasteiger partial charge in [-0.2, -0.15) is 0 Å². The topological polar surface area (TPSA) is 61.4 Å². The number of aliphatic hydroxyl groups excluding tert-OH is 1. The van der Waals surface area contributed by atoms with Crippen LogP contribution in [-0.2, 0) is 6.42 Å². The van der Waals surface area contributed by atoms with E-state index in [-0.39, 0.29) is 6.54 Å². The SMILES string of the molecule is CCc1cccc(C)c1NC(=O)NCC(O)c1cccc(F)c1. The number of aliphatic hydroxyl groups is 1. The second-order valence-corrected chi connectivity index (χ2v) is 5.37. The highest BCUT2D eigenvalue weighted by atomic mass is 19.1. The van der Waals surface area contributed by atoms with Crippen molar-refractivity contribution in [2.45, 2.75) is 26.4 Å². The summed E-state index contributed by atoms with van der Waals surface area (Å²) in [5.74, 6) is -0.418. The lowest BCUT2D eigenvalue weighted by molar-refractivity contribution is 0.174. The van der Waals surface area contributed by atoms with Crippen LogP contribution in [0.3, 0.4) is 0 Å². The Kier molecular flexibility index (Phi) is 5.71. The zero-order valence-corrected chi connectivity index (χ0v) is 13.3. The largest absolute Gasteiger partial charge is 0.387 e. The predicted octanol–water partition coefficient (Wildman–Crippen LogP) is 3.55. The van der Waals surface area contributed by atoms with Gasteiger partial charge in [-0.3, -0.25) is 0 Å². The van der Waals surface area contributed by atoms with Gasteiger partial charge in [-0.15, -0.1) is 0 Å². The van der Waals surface area contributed by atoms with Gasteiger partial charge in [0, 0.05) is 12.2 Å². The molecule has 1 unspecified atom stereocenters. The molecule has 0 radical (unpaired) electrons. The van der Waals surface area contributed by atoms with Gasteiger partial charge in [-0.25, -0.2) is 9.18 Å². The molecule has 5 heteroatoms. The lowest BCUT2D eigenvalue weighted by Crippen LogP contribution is -2.33. The Morgan fingerprint density at radius 3 is 2.70 bits per heavy atom. The molecule has 1 atom stereocenters. The van der Waals surface area contributed by atoms with E-state index >= 15 is 0 Å². The van der Waals surface area contributed by atoms with Crippen LogP contribution in [0.2, 0.25) is 0 Å². The number of amides is 2. The van der Waals surface area contributed by atoms with Crippen LogP contribution in [0.25, 0.3) is 0 Å². The summed E-state index contributed by atoms with van der Waals surface area (Å²) >= 11 is 0. The van der Waals surface area contributed by atoms with Gasteiger partial charge in [0.15, 0.2) is 0 Å². The molecule has 23 heavy (non-hydrogen) atoms. The molecular weight excluding hydrogens is 295 g/mol. The van der Waals surface area contributed by atoms with Gasteiger partial charge in [0.05, 0.1) is 6.10 Å². The van der Waals surface area contributed by atoms with Crippen LogP contribution in [0.5, 0.6) is 0 Å². The van der Waals surface area contributed by atoms with Crippen molar-refractivity contribution in [1.82, 2.24) is 5.32 Å². The van der Waals surface area contributed by atoms with E-state index in [2.05, 4.69) is 10.6 Å². The minimum Gasteiger partial charge on any atom is -0.387 e. The van der Waals surface area contributed by atoms with Crippen LogP contribution in [-0.4, -0.2) is 17.7 Å². The standard InChI is InChI=1S/C18H21FN2O2/c1-3-13-7-4-6-12(2)17(13)21-18(23)20-11-16(22)14-8-5-9-15(19)10-14/h4-10,16,22H,3,11H2,1-2H3,(H2,20,21,23). The lowest BCUT2D eigenvalue weighted by Gasteiger charge is -2.16. The fraction of sp³-hybridized carbons (Fsp3) is 0.278. The van der Waals surface area contributed by atoms with Crippen molar-refractivity contribution in [3.63, 3.8) is 0 Å². The van der Waals surface area contributed by atoms with E-state index in [1.165, 1.54) is 18.2 Å². The van der Waals surface area contributed by atoms with Crippen LogP contribution in [0.15, 0.2) is 42.5 Å². The monoisotopic (exact) mass is 316 g/mol. The normalized spacial score (nSPS) is 11.8. The number of nitrogens with one attached hydrogen (secondary N) is 2. The first kappa shape index (κ1) is 17.0. The van der Waals surface area contributed by atoms with E-state index in [4.69, 9.17) is 0 Å². The Morgan fingerprint density at radius 2 is 2.00 bits per heavy atom. The highest BCUT2D eigenvalue weighted by Gasteiger charge is 2.12. The second kappa shape index (κ2) is 7.74. The van der Waals surface area contributed by atoms with Gasteiger partial charge >= 0.3 is 6.03 Å². The van der Waals surface area contributed by atoms with Crippen molar-refractivity contribution in [1.29, 1.82) is 0 Å². The molecule has 0 aliphatic rings. The summed E-state index contributed by atoms with van der Waals surface area (Å²) < 4.78 is 13.1. The Balaban J connectivity index is 1.96. The molecule has 0 aliphatic carbocycles. The fourth-order valence-electron chi connectivity index (χ4n) is 2.38. The molecule has 2 aromatic rings. The van der Waals surface area contributed by atoms with Crippen LogP contribution in [0.1, 0.15) is 29.7 Å². The fourth-order valence-corrected chi connectivity index (χ4v) is 2.38. The molecular formula is C18H21FN2O2. The molecule has 0 aromatic heterocycles. The highest BCUT2D eigenvalue weighted by molar-refractivity contribution is 5.91. The molecule has 2 aromatic carbocycles. The van der Waals surface area contributed by atoms with Crippen LogP contribution in [0, 0.1) is 12.7 Å². The average Bonchev–Trinajstić information content (AvgIpc) is 2.54. The van der Waals surface area contributed by atoms with E-state index in [9.17, 15) is 14.3 Å². The first-order valence-electron chi connectivity index (χ1n) is 7.58. The number of carbonyl (C=O) groups excluding carboxylic acids is 1. The molecule has 2 amide bonds. The number of rotatable bonds is 5. The molecule has 0 aliphatic heterocycles. The highest BCUT2D eigenvalue weighted by Crippen LogP contribution is 2.21. The Morgan fingerprint density at radius 1 is 1.26 bits per heavy atom. The summed E-state index contributed by atoms with van der Waals surface area (Å²) in [5, 5.41) is 15.4. The van der Waals surface area contributed by atoms with Crippen molar-refractivity contribution in [3.05, 3.63) is 65.0 Å². The minimum absolute atomic E-state index is 0.00261. The number of halogens is 1. The first-order valence-corrected chi connectivity index (χ1v) is 7.58. The van der Waals surface area contributed by atoms with E-state index < -0.39 is 18.0 Å². The number of para-hydroxylation sites is 1. The number of benzene rings is 2. The number of anilines is 1. The summed E-state index contributed by atoms with van der Waals surface area (Å²) in [5.41, 5.74) is 3.24. The van der Waals surface area contributed by atoms with E-state index in [1.807, 2.05) is 32.0 Å². The maximum Gasteiger partial charge on any atom is 0.319 e. The third kappa shape index (κ3) is 4.53. The lowest BCUT2D eigenvalue weighted by atomic mass is 10.1. The average molecular weight is 316 g/mol. The minimum atomic E-state index is -0.959. The molecule has 0 bridgehead atoms. The first-order chi connectivity index (χ1) is 11.0. The Labute approximate surface area is 135 Å². The summed E-state index contributed by atoms with van der Waals surface area (Å²) in [6, 6.07) is 11.1.